The summed E-state index contributed by atoms with van der Waals surface area (Å²) < 4.78 is 5.25. The summed E-state index contributed by atoms with van der Waals surface area (Å²) in [5, 5.41) is 8.68. The van der Waals surface area contributed by atoms with Gasteiger partial charge in [-0.1, -0.05) is 0 Å². The molecule has 1 rings (SSSR count). The van der Waals surface area contributed by atoms with Crippen LogP contribution in [0.15, 0.2) is 0 Å². The van der Waals surface area contributed by atoms with Gasteiger partial charge in [-0.25, -0.2) is 0 Å². The number of morpholine rings is 1. The average molecular weight is 253 g/mol. The molecule has 1 aliphatic heterocycles. The van der Waals surface area contributed by atoms with Crippen LogP contribution in [0.25, 0.3) is 0 Å². The molecule has 18 heavy (non-hydrogen) atoms. The van der Waals surface area contributed by atoms with Crippen LogP contribution in [0, 0.1) is 11.3 Å². The predicted molar refractivity (Wildman–Crippen MR) is 68.9 cm³/mol. The molecule has 102 valence electrons. The quantitative estimate of drug-likeness (QED) is 0.729. The smallest absolute Gasteiger partial charge is 0.239 e. The fourth-order valence-corrected chi connectivity index (χ4v) is 2.27. The number of rotatable bonds is 5. The molecule has 1 saturated heterocycles. The highest BCUT2D eigenvalue weighted by Crippen LogP contribution is 2.10. The van der Waals surface area contributed by atoms with E-state index in [9.17, 15) is 4.79 Å². The van der Waals surface area contributed by atoms with Gasteiger partial charge in [-0.05, 0) is 20.8 Å². The number of nitriles is 1. The Morgan fingerprint density at radius 1 is 1.39 bits per heavy atom. The molecule has 0 bridgehead atoms. The van der Waals surface area contributed by atoms with Crippen molar-refractivity contribution in [1.29, 1.82) is 5.26 Å². The number of hydrogen-bond acceptors (Lipinski definition) is 4. The van der Waals surface area contributed by atoms with E-state index in [4.69, 9.17) is 10.00 Å². The van der Waals surface area contributed by atoms with Crippen LogP contribution in [0.3, 0.4) is 0 Å². The fraction of sp³-hybridized carbons (Fsp3) is 0.846. The third kappa shape index (κ3) is 3.97. The zero-order valence-electron chi connectivity index (χ0n) is 11.6. The standard InChI is InChI=1S/C13H23N3O2/c1-11(2)16(6-4-5-14)12(3)13(17)15-7-9-18-10-8-15/h11-12H,4,6-10H2,1-3H3. The molecule has 5 nitrogen and oxygen atoms in total. The van der Waals surface area contributed by atoms with Gasteiger partial charge in [0.2, 0.25) is 5.91 Å². The van der Waals surface area contributed by atoms with Gasteiger partial charge in [-0.15, -0.1) is 0 Å². The van der Waals surface area contributed by atoms with Gasteiger partial charge >= 0.3 is 0 Å². The minimum absolute atomic E-state index is 0.143. The van der Waals surface area contributed by atoms with Crippen LogP contribution in [0.1, 0.15) is 27.2 Å². The van der Waals surface area contributed by atoms with E-state index in [1.165, 1.54) is 0 Å². The summed E-state index contributed by atoms with van der Waals surface area (Å²) in [6, 6.07) is 2.23. The first-order chi connectivity index (χ1) is 8.57. The second-order valence-electron chi connectivity index (χ2n) is 4.85. The summed E-state index contributed by atoms with van der Waals surface area (Å²) in [5.41, 5.74) is 0. The van der Waals surface area contributed by atoms with Gasteiger partial charge in [0, 0.05) is 32.1 Å². The lowest BCUT2D eigenvalue weighted by atomic mass is 10.1. The van der Waals surface area contributed by atoms with Crippen molar-refractivity contribution in [1.82, 2.24) is 9.80 Å². The minimum Gasteiger partial charge on any atom is -0.378 e. The summed E-state index contributed by atoms with van der Waals surface area (Å²) in [6.45, 7) is 9.28. The molecule has 0 aliphatic carbocycles. The van der Waals surface area contributed by atoms with Crippen molar-refractivity contribution < 1.29 is 9.53 Å². The Morgan fingerprint density at radius 2 is 2.00 bits per heavy atom. The molecule has 1 amide bonds. The van der Waals surface area contributed by atoms with E-state index in [2.05, 4.69) is 24.8 Å². The molecule has 0 aromatic rings. The van der Waals surface area contributed by atoms with Crippen LogP contribution < -0.4 is 0 Å². The molecule has 1 unspecified atom stereocenters. The van der Waals surface area contributed by atoms with E-state index in [-0.39, 0.29) is 18.0 Å². The largest absolute Gasteiger partial charge is 0.378 e. The monoisotopic (exact) mass is 253 g/mol. The molecule has 1 heterocycles. The molecule has 1 atom stereocenters. The van der Waals surface area contributed by atoms with Gasteiger partial charge < -0.3 is 9.64 Å². The van der Waals surface area contributed by atoms with E-state index < -0.39 is 0 Å². The van der Waals surface area contributed by atoms with E-state index in [0.29, 0.717) is 39.3 Å². The summed E-state index contributed by atoms with van der Waals surface area (Å²) in [5.74, 6) is 0.143. The second kappa shape index (κ2) is 7.34. The molecule has 5 heteroatoms. The molecular formula is C13H23N3O2. The lowest BCUT2D eigenvalue weighted by molar-refractivity contribution is -0.141. The Morgan fingerprint density at radius 3 is 2.50 bits per heavy atom. The van der Waals surface area contributed by atoms with Crippen LogP contribution >= 0.6 is 0 Å². The van der Waals surface area contributed by atoms with Crippen molar-refractivity contribution in [2.45, 2.75) is 39.3 Å². The maximum Gasteiger partial charge on any atom is 0.239 e. The van der Waals surface area contributed by atoms with E-state index >= 15 is 0 Å². The second-order valence-corrected chi connectivity index (χ2v) is 4.85. The molecule has 0 radical (unpaired) electrons. The molecule has 0 aromatic carbocycles. The first-order valence-corrected chi connectivity index (χ1v) is 6.57. The number of amides is 1. The van der Waals surface area contributed by atoms with Gasteiger partial charge in [0.15, 0.2) is 0 Å². The Hall–Kier alpha value is -1.12. The maximum absolute atomic E-state index is 12.4. The SMILES string of the molecule is CC(C)N(CCC#N)C(C)C(=O)N1CCOCC1. The minimum atomic E-state index is -0.170. The number of carbonyl (C=O) groups excluding carboxylic acids is 1. The highest BCUT2D eigenvalue weighted by atomic mass is 16.5. The summed E-state index contributed by atoms with van der Waals surface area (Å²) >= 11 is 0. The normalized spacial score (nSPS) is 17.9. The molecule has 1 fully saturated rings. The number of nitrogens with zero attached hydrogens (tertiary/aromatic N) is 3. The first kappa shape index (κ1) is 14.9. The molecular weight excluding hydrogens is 230 g/mol. The van der Waals surface area contributed by atoms with Crippen molar-refractivity contribution in [2.75, 3.05) is 32.8 Å². The number of hydrogen-bond donors (Lipinski definition) is 0. The van der Waals surface area contributed by atoms with Crippen LogP contribution in [-0.2, 0) is 9.53 Å². The van der Waals surface area contributed by atoms with Crippen molar-refractivity contribution in [2.24, 2.45) is 0 Å². The summed E-state index contributed by atoms with van der Waals surface area (Å²) in [6.07, 6.45) is 0.457. The lowest BCUT2D eigenvalue weighted by Crippen LogP contribution is -2.52. The average Bonchev–Trinajstić information content (AvgIpc) is 2.38. The Bertz CT molecular complexity index is 306. The number of ether oxygens (including phenoxy) is 1. The van der Waals surface area contributed by atoms with Gasteiger partial charge in [0.1, 0.15) is 0 Å². The fourth-order valence-electron chi connectivity index (χ4n) is 2.27. The zero-order chi connectivity index (χ0) is 13.5. The van der Waals surface area contributed by atoms with Crippen molar-refractivity contribution in [3.05, 3.63) is 0 Å². The van der Waals surface area contributed by atoms with E-state index in [1.807, 2.05) is 11.8 Å². The van der Waals surface area contributed by atoms with Gasteiger partial charge in [-0.2, -0.15) is 5.26 Å². The topological polar surface area (TPSA) is 56.6 Å². The van der Waals surface area contributed by atoms with Crippen LogP contribution in [0.4, 0.5) is 0 Å². The third-order valence-electron chi connectivity index (χ3n) is 3.32. The molecule has 1 aliphatic rings. The summed E-state index contributed by atoms with van der Waals surface area (Å²) in [4.78, 5) is 16.3. The Balaban J connectivity index is 2.60. The van der Waals surface area contributed by atoms with Crippen LogP contribution in [0.2, 0.25) is 0 Å². The molecule has 0 spiro atoms. The van der Waals surface area contributed by atoms with Crippen molar-refractivity contribution in [3.63, 3.8) is 0 Å². The zero-order valence-corrected chi connectivity index (χ0v) is 11.6. The lowest BCUT2D eigenvalue weighted by Gasteiger charge is -2.36. The third-order valence-corrected chi connectivity index (χ3v) is 3.32. The Labute approximate surface area is 109 Å². The van der Waals surface area contributed by atoms with Crippen LogP contribution in [-0.4, -0.2) is 60.6 Å². The van der Waals surface area contributed by atoms with Crippen molar-refractivity contribution in [3.8, 4) is 6.07 Å². The summed E-state index contributed by atoms with van der Waals surface area (Å²) in [7, 11) is 0. The maximum atomic E-state index is 12.4. The van der Waals surface area contributed by atoms with Crippen LogP contribution in [0.5, 0.6) is 0 Å². The van der Waals surface area contributed by atoms with Crippen molar-refractivity contribution >= 4 is 5.91 Å². The van der Waals surface area contributed by atoms with E-state index in [0.717, 1.165) is 0 Å². The predicted octanol–water partition coefficient (Wildman–Crippen LogP) is 0.858. The highest BCUT2D eigenvalue weighted by molar-refractivity contribution is 5.81. The first-order valence-electron chi connectivity index (χ1n) is 6.57. The highest BCUT2D eigenvalue weighted by Gasteiger charge is 2.28. The van der Waals surface area contributed by atoms with E-state index in [1.54, 1.807) is 0 Å². The molecule has 0 saturated carbocycles. The Kier molecular flexibility index (Phi) is 6.10. The number of carbonyl (C=O) groups is 1. The van der Waals surface area contributed by atoms with Gasteiger partial charge in [-0.3, -0.25) is 9.69 Å². The van der Waals surface area contributed by atoms with Gasteiger partial charge in [0.25, 0.3) is 0 Å². The van der Waals surface area contributed by atoms with Gasteiger partial charge in [0.05, 0.1) is 25.3 Å². The molecule has 0 N–H and O–H groups in total. The molecule has 0 aromatic heterocycles.